The summed E-state index contributed by atoms with van der Waals surface area (Å²) in [5, 5.41) is 13.0. The van der Waals surface area contributed by atoms with Crippen LogP contribution in [-0.2, 0) is 4.79 Å². The lowest BCUT2D eigenvalue weighted by molar-refractivity contribution is -0.136. The van der Waals surface area contributed by atoms with E-state index in [1.165, 1.54) is 0 Å². The van der Waals surface area contributed by atoms with Crippen LogP contribution in [-0.4, -0.2) is 22.7 Å². The molecule has 0 aliphatic heterocycles. The topological polar surface area (TPSA) is 78.8 Å². The highest BCUT2D eigenvalue weighted by molar-refractivity contribution is 9.10. The number of halogens is 1. The molecule has 24 heavy (non-hydrogen) atoms. The lowest BCUT2D eigenvalue weighted by Crippen LogP contribution is -2.21. The fourth-order valence-corrected chi connectivity index (χ4v) is 2.40. The largest absolute Gasteiger partial charge is 0.481 e. The van der Waals surface area contributed by atoms with Gasteiger partial charge >= 0.3 is 5.97 Å². The predicted molar refractivity (Wildman–Crippen MR) is 96.2 cm³/mol. The summed E-state index contributed by atoms with van der Waals surface area (Å²) in [7, 11) is 0. The first-order valence-corrected chi connectivity index (χ1v) is 8.17. The smallest absolute Gasteiger partial charge is 0.303 e. The number of aryl methyl sites for hydroxylation is 1. The van der Waals surface area contributed by atoms with Crippen LogP contribution in [0.3, 0.4) is 0 Å². The van der Waals surface area contributed by atoms with E-state index in [4.69, 9.17) is 5.11 Å². The van der Waals surface area contributed by atoms with Gasteiger partial charge in [0.2, 0.25) is 0 Å². The molecular weight excluding hydrogens is 372 g/mol. The molecule has 1 amide bonds. The highest BCUT2D eigenvalue weighted by atomic mass is 79.9. The third-order valence-corrected chi connectivity index (χ3v) is 3.96. The van der Waals surface area contributed by atoms with E-state index in [0.29, 0.717) is 11.3 Å². The van der Waals surface area contributed by atoms with Gasteiger partial charge in [0.1, 0.15) is 0 Å². The van der Waals surface area contributed by atoms with Crippen LogP contribution in [0, 0.1) is 6.92 Å². The highest BCUT2D eigenvalue weighted by Gasteiger charge is 2.10. The standard InChI is InChI=1S/C18H17BrN2O3/c1-12-4-2-3-5-15(12)18(24)21-20-16(10-11-17(22)23)13-6-8-14(19)9-7-13/h2-9H,10-11H2,1H3,(H,21,24)(H,22,23)/b20-16-. The third-order valence-electron chi connectivity index (χ3n) is 3.44. The van der Waals surface area contributed by atoms with Crippen LogP contribution >= 0.6 is 15.9 Å². The lowest BCUT2D eigenvalue weighted by atomic mass is 10.1. The minimum absolute atomic E-state index is 0.0604. The van der Waals surface area contributed by atoms with Crippen molar-refractivity contribution < 1.29 is 14.7 Å². The fourth-order valence-electron chi connectivity index (χ4n) is 2.14. The van der Waals surface area contributed by atoms with Gasteiger partial charge in [0, 0.05) is 16.5 Å². The molecule has 0 heterocycles. The van der Waals surface area contributed by atoms with E-state index in [1.54, 1.807) is 12.1 Å². The molecule has 0 aliphatic carbocycles. The van der Waals surface area contributed by atoms with E-state index >= 15 is 0 Å². The van der Waals surface area contributed by atoms with Gasteiger partial charge in [-0.2, -0.15) is 5.10 Å². The molecule has 0 unspecified atom stereocenters. The Morgan fingerprint density at radius 2 is 1.75 bits per heavy atom. The predicted octanol–water partition coefficient (Wildman–Crippen LogP) is 3.76. The molecule has 0 fully saturated rings. The van der Waals surface area contributed by atoms with E-state index in [9.17, 15) is 9.59 Å². The van der Waals surface area contributed by atoms with Crippen molar-refractivity contribution in [3.05, 3.63) is 69.7 Å². The molecule has 0 radical (unpaired) electrons. The molecule has 2 rings (SSSR count). The summed E-state index contributed by atoms with van der Waals surface area (Å²) in [4.78, 5) is 23.1. The number of benzene rings is 2. The number of carboxylic acid groups (broad SMARTS) is 1. The second-order valence-corrected chi connectivity index (χ2v) is 6.13. The zero-order valence-electron chi connectivity index (χ0n) is 13.1. The van der Waals surface area contributed by atoms with Crippen molar-refractivity contribution in [3.63, 3.8) is 0 Å². The lowest BCUT2D eigenvalue weighted by Gasteiger charge is -2.08. The van der Waals surface area contributed by atoms with Crippen molar-refractivity contribution in [2.24, 2.45) is 5.10 Å². The molecule has 6 heteroatoms. The van der Waals surface area contributed by atoms with Crippen molar-refractivity contribution >= 4 is 33.5 Å². The van der Waals surface area contributed by atoms with Crippen LogP contribution in [0.4, 0.5) is 0 Å². The van der Waals surface area contributed by atoms with Crippen molar-refractivity contribution in [2.45, 2.75) is 19.8 Å². The number of rotatable bonds is 6. The maximum Gasteiger partial charge on any atom is 0.303 e. The van der Waals surface area contributed by atoms with Crippen molar-refractivity contribution in [2.75, 3.05) is 0 Å². The van der Waals surface area contributed by atoms with E-state index in [1.807, 2.05) is 43.3 Å². The SMILES string of the molecule is Cc1ccccc1C(=O)N/N=C(/CCC(=O)O)c1ccc(Br)cc1. The summed E-state index contributed by atoms with van der Waals surface area (Å²) in [5.41, 5.74) is 5.19. The Morgan fingerprint density at radius 3 is 2.38 bits per heavy atom. The number of hydrogen-bond acceptors (Lipinski definition) is 3. The van der Waals surface area contributed by atoms with Gasteiger partial charge in [0.15, 0.2) is 0 Å². The third kappa shape index (κ3) is 5.03. The summed E-state index contributed by atoms with van der Waals surface area (Å²) in [5.74, 6) is -1.23. The number of carboxylic acids is 1. The van der Waals surface area contributed by atoms with Gasteiger partial charge in [-0.15, -0.1) is 0 Å². The number of hydrazone groups is 1. The van der Waals surface area contributed by atoms with Crippen LogP contribution in [0.5, 0.6) is 0 Å². The number of nitrogens with one attached hydrogen (secondary N) is 1. The minimum Gasteiger partial charge on any atom is -0.481 e. The monoisotopic (exact) mass is 388 g/mol. The summed E-state index contributed by atoms with van der Waals surface area (Å²) in [6.45, 7) is 1.85. The van der Waals surface area contributed by atoms with Gasteiger partial charge in [-0.3, -0.25) is 9.59 Å². The molecule has 0 bridgehead atoms. The second kappa shape index (κ2) is 8.40. The average Bonchev–Trinajstić information content (AvgIpc) is 2.56. The first kappa shape index (κ1) is 17.9. The Balaban J connectivity index is 2.21. The summed E-state index contributed by atoms with van der Waals surface area (Å²) in [6.07, 6.45) is 0.167. The summed E-state index contributed by atoms with van der Waals surface area (Å²) < 4.78 is 0.910. The molecule has 0 aromatic heterocycles. The molecule has 0 saturated heterocycles. The molecule has 124 valence electrons. The highest BCUT2D eigenvalue weighted by Crippen LogP contribution is 2.13. The number of hydrogen-bond donors (Lipinski definition) is 2. The molecule has 2 aromatic carbocycles. The van der Waals surface area contributed by atoms with Crippen LogP contribution < -0.4 is 5.43 Å². The van der Waals surface area contributed by atoms with Crippen LogP contribution in [0.2, 0.25) is 0 Å². The van der Waals surface area contributed by atoms with Crippen molar-refractivity contribution in [1.82, 2.24) is 5.43 Å². The van der Waals surface area contributed by atoms with Gasteiger partial charge in [-0.05, 0) is 36.2 Å². The van der Waals surface area contributed by atoms with Gasteiger partial charge in [-0.1, -0.05) is 46.3 Å². The maximum atomic E-state index is 12.3. The molecule has 0 atom stereocenters. The number of aliphatic carboxylic acids is 1. The normalized spacial score (nSPS) is 11.2. The Labute approximate surface area is 148 Å². The quantitative estimate of drug-likeness (QED) is 0.583. The van der Waals surface area contributed by atoms with Gasteiger partial charge in [0.05, 0.1) is 12.1 Å². The zero-order chi connectivity index (χ0) is 17.5. The summed E-state index contributed by atoms with van der Waals surface area (Å²) >= 11 is 3.35. The first-order chi connectivity index (χ1) is 11.5. The molecule has 0 aliphatic rings. The minimum atomic E-state index is -0.912. The second-order valence-electron chi connectivity index (χ2n) is 5.21. The van der Waals surface area contributed by atoms with E-state index in [2.05, 4.69) is 26.5 Å². The number of carbonyl (C=O) groups is 2. The van der Waals surface area contributed by atoms with E-state index in [0.717, 1.165) is 15.6 Å². The number of nitrogens with zero attached hydrogens (tertiary/aromatic N) is 1. The Morgan fingerprint density at radius 1 is 1.08 bits per heavy atom. The average molecular weight is 389 g/mol. The molecule has 0 saturated carbocycles. The molecule has 5 nitrogen and oxygen atoms in total. The molecular formula is C18H17BrN2O3. The fraction of sp³-hybridized carbons (Fsp3) is 0.167. The molecule has 0 spiro atoms. The molecule has 2 N–H and O–H groups in total. The maximum absolute atomic E-state index is 12.3. The van der Waals surface area contributed by atoms with E-state index < -0.39 is 5.97 Å². The Bertz CT molecular complexity index is 770. The summed E-state index contributed by atoms with van der Waals surface area (Å²) in [6, 6.07) is 14.5. The number of amides is 1. The van der Waals surface area contributed by atoms with Crippen LogP contribution in [0.25, 0.3) is 0 Å². The Kier molecular flexibility index (Phi) is 6.26. The number of carbonyl (C=O) groups excluding carboxylic acids is 1. The zero-order valence-corrected chi connectivity index (χ0v) is 14.7. The van der Waals surface area contributed by atoms with Crippen LogP contribution in [0.15, 0.2) is 58.1 Å². The Hall–Kier alpha value is -2.47. The first-order valence-electron chi connectivity index (χ1n) is 7.37. The van der Waals surface area contributed by atoms with Gasteiger partial charge in [0.25, 0.3) is 5.91 Å². The van der Waals surface area contributed by atoms with Crippen molar-refractivity contribution in [1.29, 1.82) is 0 Å². The van der Waals surface area contributed by atoms with Crippen molar-refractivity contribution in [3.8, 4) is 0 Å². The molecule has 2 aromatic rings. The van der Waals surface area contributed by atoms with Crippen LogP contribution in [0.1, 0.15) is 34.3 Å². The van der Waals surface area contributed by atoms with Gasteiger partial charge in [-0.25, -0.2) is 5.43 Å². The van der Waals surface area contributed by atoms with Gasteiger partial charge < -0.3 is 5.11 Å². The van der Waals surface area contributed by atoms with E-state index in [-0.39, 0.29) is 18.7 Å².